The smallest absolute Gasteiger partial charge is 0.237 e. The molecule has 1 aromatic rings. The topological polar surface area (TPSA) is 29.1 Å². The van der Waals surface area contributed by atoms with Crippen LogP contribution in [0, 0.1) is 0 Å². The van der Waals surface area contributed by atoms with E-state index in [0.29, 0.717) is 0 Å². The number of hydrogen-bond donors (Lipinski definition) is 1. The molecule has 1 saturated heterocycles. The molecule has 2 unspecified atom stereocenters. The highest BCUT2D eigenvalue weighted by molar-refractivity contribution is 14.1. The number of amides is 1. The van der Waals surface area contributed by atoms with Crippen LogP contribution >= 0.6 is 46.1 Å². The molecule has 2 rings (SSSR count). The standard InChI is InChI=1S/C12H14INOS2/c1-12(13)16-8-7-10(17-12)11(15)14-9-5-3-2-4-6-9/h2-6,10H,7-8H2,1H3,(H,14,15). The van der Waals surface area contributed by atoms with Crippen molar-refractivity contribution >= 4 is 57.7 Å². The van der Waals surface area contributed by atoms with Crippen LogP contribution in [0.25, 0.3) is 0 Å². The van der Waals surface area contributed by atoms with Crippen LogP contribution < -0.4 is 5.32 Å². The Morgan fingerprint density at radius 2 is 2.18 bits per heavy atom. The van der Waals surface area contributed by atoms with E-state index < -0.39 is 0 Å². The fraction of sp³-hybridized carbons (Fsp3) is 0.417. The van der Waals surface area contributed by atoms with Gasteiger partial charge in [0.1, 0.15) is 2.09 Å². The first kappa shape index (κ1) is 13.5. The van der Waals surface area contributed by atoms with Crippen molar-refractivity contribution in [3.05, 3.63) is 30.3 Å². The molecule has 1 amide bonds. The fourth-order valence-corrected chi connectivity index (χ4v) is 5.85. The van der Waals surface area contributed by atoms with Gasteiger partial charge in [-0.05, 0) is 31.2 Å². The summed E-state index contributed by atoms with van der Waals surface area (Å²) in [4.78, 5) is 12.1. The highest BCUT2D eigenvalue weighted by Crippen LogP contribution is 2.50. The number of carbonyl (C=O) groups is 1. The van der Waals surface area contributed by atoms with E-state index in [-0.39, 0.29) is 13.2 Å². The van der Waals surface area contributed by atoms with Crippen LogP contribution in [0.3, 0.4) is 0 Å². The lowest BCUT2D eigenvalue weighted by Gasteiger charge is -2.31. The van der Waals surface area contributed by atoms with Crippen LogP contribution in [0.4, 0.5) is 5.69 Å². The van der Waals surface area contributed by atoms with E-state index in [4.69, 9.17) is 0 Å². The largest absolute Gasteiger partial charge is 0.325 e. The summed E-state index contributed by atoms with van der Waals surface area (Å²) >= 11 is 6.09. The predicted octanol–water partition coefficient (Wildman–Crippen LogP) is 3.97. The van der Waals surface area contributed by atoms with Gasteiger partial charge in [-0.15, -0.1) is 23.5 Å². The Morgan fingerprint density at radius 1 is 1.47 bits per heavy atom. The van der Waals surface area contributed by atoms with Crippen molar-refractivity contribution in [2.45, 2.75) is 20.7 Å². The number of hydrogen-bond acceptors (Lipinski definition) is 3. The first-order valence-electron chi connectivity index (χ1n) is 5.43. The summed E-state index contributed by atoms with van der Waals surface area (Å²) in [5, 5.41) is 3.04. The van der Waals surface area contributed by atoms with Crippen molar-refractivity contribution < 1.29 is 4.79 Å². The molecule has 0 aromatic heterocycles. The molecule has 0 aliphatic carbocycles. The van der Waals surface area contributed by atoms with Gasteiger partial charge in [-0.1, -0.05) is 40.8 Å². The Hall–Kier alpha value is 0.120. The van der Waals surface area contributed by atoms with Gasteiger partial charge in [-0.2, -0.15) is 0 Å². The lowest BCUT2D eigenvalue weighted by molar-refractivity contribution is -0.115. The van der Waals surface area contributed by atoms with Crippen molar-refractivity contribution in [1.29, 1.82) is 0 Å². The number of nitrogens with one attached hydrogen (secondary N) is 1. The molecule has 2 nitrogen and oxygen atoms in total. The van der Waals surface area contributed by atoms with Gasteiger partial charge in [0, 0.05) is 5.69 Å². The lowest BCUT2D eigenvalue weighted by Crippen LogP contribution is -2.32. The van der Waals surface area contributed by atoms with E-state index in [0.717, 1.165) is 17.9 Å². The molecule has 92 valence electrons. The van der Waals surface area contributed by atoms with Gasteiger partial charge in [0.2, 0.25) is 5.91 Å². The molecule has 0 spiro atoms. The zero-order chi connectivity index (χ0) is 12.3. The molecule has 1 aliphatic rings. The Labute approximate surface area is 124 Å². The molecule has 0 bridgehead atoms. The number of anilines is 1. The SMILES string of the molecule is CC1(I)SCCC(C(=O)Nc2ccccc2)S1. The van der Waals surface area contributed by atoms with E-state index >= 15 is 0 Å². The fourth-order valence-electron chi connectivity index (χ4n) is 1.62. The Kier molecular flexibility index (Phi) is 4.65. The van der Waals surface area contributed by atoms with Crippen molar-refractivity contribution in [2.24, 2.45) is 0 Å². The Morgan fingerprint density at radius 3 is 2.82 bits per heavy atom. The summed E-state index contributed by atoms with van der Waals surface area (Å²) in [6.45, 7) is 2.17. The van der Waals surface area contributed by atoms with Gasteiger partial charge >= 0.3 is 0 Å². The van der Waals surface area contributed by atoms with Gasteiger partial charge < -0.3 is 5.32 Å². The molecular formula is C12H14INOS2. The van der Waals surface area contributed by atoms with Crippen molar-refractivity contribution in [2.75, 3.05) is 11.1 Å². The number of rotatable bonds is 2. The Balaban J connectivity index is 1.96. The third-order valence-electron chi connectivity index (χ3n) is 2.43. The molecule has 1 aliphatic heterocycles. The molecule has 1 aromatic carbocycles. The maximum absolute atomic E-state index is 12.1. The van der Waals surface area contributed by atoms with Gasteiger partial charge in [0.15, 0.2) is 0 Å². The van der Waals surface area contributed by atoms with Crippen LogP contribution in [0.2, 0.25) is 0 Å². The first-order valence-corrected chi connectivity index (χ1v) is 8.38. The maximum atomic E-state index is 12.1. The predicted molar refractivity (Wildman–Crippen MR) is 86.0 cm³/mol. The summed E-state index contributed by atoms with van der Waals surface area (Å²) in [6.07, 6.45) is 0.951. The van der Waals surface area contributed by atoms with Crippen molar-refractivity contribution in [3.8, 4) is 0 Å². The molecule has 1 fully saturated rings. The molecule has 1 N–H and O–H groups in total. The minimum atomic E-state index is 0.0679. The summed E-state index contributed by atoms with van der Waals surface area (Å²) in [5.41, 5.74) is 0.881. The van der Waals surface area contributed by atoms with Crippen molar-refractivity contribution in [1.82, 2.24) is 0 Å². The third-order valence-corrected chi connectivity index (χ3v) is 6.88. The highest BCUT2D eigenvalue weighted by Gasteiger charge is 2.34. The summed E-state index contributed by atoms with van der Waals surface area (Å²) < 4.78 is 0.120. The zero-order valence-corrected chi connectivity index (χ0v) is 13.3. The molecule has 0 radical (unpaired) electrons. The minimum absolute atomic E-state index is 0.0679. The monoisotopic (exact) mass is 379 g/mol. The number of para-hydroxylation sites is 1. The van der Waals surface area contributed by atoms with E-state index in [1.807, 2.05) is 42.1 Å². The quantitative estimate of drug-likeness (QED) is 0.623. The second-order valence-electron chi connectivity index (χ2n) is 3.93. The van der Waals surface area contributed by atoms with Crippen molar-refractivity contribution in [3.63, 3.8) is 0 Å². The molecule has 17 heavy (non-hydrogen) atoms. The van der Waals surface area contributed by atoms with Gasteiger partial charge in [0.25, 0.3) is 0 Å². The van der Waals surface area contributed by atoms with Crippen LogP contribution in [-0.2, 0) is 4.79 Å². The number of alkyl halides is 1. The average Bonchev–Trinajstić information content (AvgIpc) is 2.29. The van der Waals surface area contributed by atoms with E-state index in [2.05, 4.69) is 34.8 Å². The number of thioether (sulfide) groups is 2. The first-order chi connectivity index (χ1) is 8.07. The van der Waals surface area contributed by atoms with Gasteiger partial charge in [-0.25, -0.2) is 0 Å². The van der Waals surface area contributed by atoms with Gasteiger partial charge in [-0.3, -0.25) is 4.79 Å². The molecule has 0 saturated carbocycles. The molecular weight excluding hydrogens is 365 g/mol. The summed E-state index contributed by atoms with van der Waals surface area (Å²) in [7, 11) is 0. The second kappa shape index (κ2) is 5.84. The average molecular weight is 379 g/mol. The van der Waals surface area contributed by atoms with E-state index in [1.165, 1.54) is 0 Å². The van der Waals surface area contributed by atoms with Crippen LogP contribution in [0.5, 0.6) is 0 Å². The highest BCUT2D eigenvalue weighted by atomic mass is 127. The normalized spacial score (nSPS) is 28.7. The number of carbonyl (C=O) groups excluding carboxylic acids is 1. The maximum Gasteiger partial charge on any atom is 0.237 e. The summed E-state index contributed by atoms with van der Waals surface area (Å²) in [6, 6.07) is 9.65. The molecule has 5 heteroatoms. The van der Waals surface area contributed by atoms with Crippen LogP contribution in [0.15, 0.2) is 30.3 Å². The molecule has 1 heterocycles. The van der Waals surface area contributed by atoms with E-state index in [9.17, 15) is 4.79 Å². The zero-order valence-electron chi connectivity index (χ0n) is 9.48. The number of halogens is 1. The van der Waals surface area contributed by atoms with E-state index in [1.54, 1.807) is 11.8 Å². The van der Waals surface area contributed by atoms with Crippen LogP contribution in [0.1, 0.15) is 13.3 Å². The minimum Gasteiger partial charge on any atom is -0.325 e. The molecule has 2 atom stereocenters. The lowest BCUT2D eigenvalue weighted by atomic mass is 10.3. The van der Waals surface area contributed by atoms with Gasteiger partial charge in [0.05, 0.1) is 5.25 Å². The van der Waals surface area contributed by atoms with Crippen LogP contribution in [-0.4, -0.2) is 19.0 Å². The number of benzene rings is 1. The second-order valence-corrected chi connectivity index (χ2v) is 10.9. The summed E-state index contributed by atoms with van der Waals surface area (Å²) in [5.74, 6) is 1.18. The Bertz CT molecular complexity index is 397. The third kappa shape index (κ3) is 4.06.